The zero-order chi connectivity index (χ0) is 18.6. The maximum atomic E-state index is 14.0. The van der Waals surface area contributed by atoms with Gasteiger partial charge in [0.15, 0.2) is 5.75 Å². The lowest BCUT2D eigenvalue weighted by Crippen LogP contribution is -2.21. The summed E-state index contributed by atoms with van der Waals surface area (Å²) in [6.07, 6.45) is 7.85. The van der Waals surface area contributed by atoms with Crippen LogP contribution in [0.2, 0.25) is 0 Å². The van der Waals surface area contributed by atoms with E-state index in [1.807, 2.05) is 25.1 Å². The van der Waals surface area contributed by atoms with Gasteiger partial charge >= 0.3 is 0 Å². The average molecular weight is 369 g/mol. The Morgan fingerprint density at radius 1 is 0.963 bits per heavy atom. The summed E-state index contributed by atoms with van der Waals surface area (Å²) in [5.41, 5.74) is 2.94. The molecule has 0 bridgehead atoms. The lowest BCUT2D eigenvalue weighted by atomic mass is 9.82. The third kappa shape index (κ3) is 4.67. The predicted molar refractivity (Wildman–Crippen MR) is 104 cm³/mol. The maximum absolute atomic E-state index is 14.0. The summed E-state index contributed by atoms with van der Waals surface area (Å²) in [5.74, 6) is 1.10. The average Bonchev–Trinajstić information content (AvgIpc) is 3.53. The van der Waals surface area contributed by atoms with Crippen molar-refractivity contribution in [2.45, 2.75) is 57.5 Å². The highest BCUT2D eigenvalue weighted by atomic mass is 19.1. The van der Waals surface area contributed by atoms with Crippen LogP contribution in [-0.4, -0.2) is 24.3 Å². The third-order valence-electron chi connectivity index (χ3n) is 5.73. The second kappa shape index (κ2) is 8.39. The van der Waals surface area contributed by atoms with Gasteiger partial charge in [0, 0.05) is 12.2 Å². The molecule has 0 spiro atoms. The Kier molecular flexibility index (Phi) is 5.72. The predicted octanol–water partition coefficient (Wildman–Crippen LogP) is 5.74. The van der Waals surface area contributed by atoms with Gasteiger partial charge in [-0.15, -0.1) is 0 Å². The van der Waals surface area contributed by atoms with Crippen LogP contribution in [-0.2, 0) is 4.74 Å². The quantitative estimate of drug-likeness (QED) is 0.583. The van der Waals surface area contributed by atoms with E-state index >= 15 is 0 Å². The number of hydrogen-bond acceptors (Lipinski definition) is 3. The molecule has 1 heterocycles. The van der Waals surface area contributed by atoms with E-state index in [2.05, 4.69) is 17.1 Å². The zero-order valence-electron chi connectivity index (χ0n) is 16.0. The number of pyridine rings is 1. The molecule has 0 saturated heterocycles. The van der Waals surface area contributed by atoms with E-state index in [9.17, 15) is 4.39 Å². The Bertz CT molecular complexity index is 749. The van der Waals surface area contributed by atoms with Crippen LogP contribution in [0.4, 0.5) is 4.39 Å². The highest BCUT2D eigenvalue weighted by Crippen LogP contribution is 2.36. The van der Waals surface area contributed by atoms with Crippen LogP contribution in [0.1, 0.15) is 56.9 Å². The van der Waals surface area contributed by atoms with Crippen molar-refractivity contribution >= 4 is 0 Å². The molecule has 144 valence electrons. The van der Waals surface area contributed by atoms with E-state index in [1.54, 1.807) is 6.07 Å². The first-order valence-electron chi connectivity index (χ1n) is 10.2. The molecule has 2 aliphatic rings. The summed E-state index contributed by atoms with van der Waals surface area (Å²) in [6, 6.07) is 11.9. The Hall–Kier alpha value is -1.94. The fraction of sp³-hybridized carbons (Fsp3) is 0.522. The zero-order valence-corrected chi connectivity index (χ0v) is 16.0. The van der Waals surface area contributed by atoms with E-state index in [0.717, 1.165) is 30.9 Å². The molecule has 0 atom stereocenters. The molecule has 4 rings (SSSR count). The smallest absolute Gasteiger partial charge is 0.255 e. The van der Waals surface area contributed by atoms with Gasteiger partial charge in [0.25, 0.3) is 5.95 Å². The maximum Gasteiger partial charge on any atom is 0.255 e. The monoisotopic (exact) mass is 369 g/mol. The fourth-order valence-electron chi connectivity index (χ4n) is 3.89. The molecule has 2 aliphatic carbocycles. The Labute approximate surface area is 160 Å². The second-order valence-electron chi connectivity index (χ2n) is 7.79. The van der Waals surface area contributed by atoms with Crippen molar-refractivity contribution in [1.82, 2.24) is 4.98 Å². The minimum absolute atomic E-state index is 0.207. The second-order valence-corrected chi connectivity index (χ2v) is 7.79. The number of nitrogens with zero attached hydrogens (tertiary/aromatic N) is 1. The number of rotatable bonds is 7. The summed E-state index contributed by atoms with van der Waals surface area (Å²) >= 11 is 0. The molecule has 2 saturated carbocycles. The molecule has 0 N–H and O–H groups in total. The van der Waals surface area contributed by atoms with Gasteiger partial charge in [0.1, 0.15) is 0 Å². The summed E-state index contributed by atoms with van der Waals surface area (Å²) in [5, 5.41) is 0. The molecule has 0 radical (unpaired) electrons. The summed E-state index contributed by atoms with van der Waals surface area (Å²) in [6.45, 7) is 3.23. The summed E-state index contributed by atoms with van der Waals surface area (Å²) in [7, 11) is 0. The van der Waals surface area contributed by atoms with Crippen LogP contribution >= 0.6 is 0 Å². The molecule has 3 nitrogen and oxygen atoms in total. The van der Waals surface area contributed by atoms with Crippen molar-refractivity contribution in [3.63, 3.8) is 0 Å². The first kappa shape index (κ1) is 18.4. The van der Waals surface area contributed by atoms with Gasteiger partial charge in [0.2, 0.25) is 0 Å². The minimum atomic E-state index is -0.553. The van der Waals surface area contributed by atoms with E-state index < -0.39 is 5.95 Å². The molecular formula is C23H28FNO2. The molecule has 1 aromatic carbocycles. The molecule has 0 unspecified atom stereocenters. The largest absolute Gasteiger partial charge is 0.489 e. The Morgan fingerprint density at radius 2 is 1.70 bits per heavy atom. The van der Waals surface area contributed by atoms with Gasteiger partial charge in [-0.05, 0) is 75.0 Å². The fourth-order valence-corrected chi connectivity index (χ4v) is 3.89. The van der Waals surface area contributed by atoms with Gasteiger partial charge in [-0.1, -0.05) is 24.3 Å². The van der Waals surface area contributed by atoms with Gasteiger partial charge in [-0.2, -0.15) is 4.39 Å². The van der Waals surface area contributed by atoms with Crippen molar-refractivity contribution < 1.29 is 13.9 Å². The number of hydrogen-bond donors (Lipinski definition) is 0. The van der Waals surface area contributed by atoms with E-state index in [1.165, 1.54) is 31.2 Å². The van der Waals surface area contributed by atoms with E-state index in [0.29, 0.717) is 24.3 Å². The van der Waals surface area contributed by atoms with Gasteiger partial charge < -0.3 is 9.47 Å². The Balaban J connectivity index is 1.35. The van der Waals surface area contributed by atoms with Crippen LogP contribution in [0.25, 0.3) is 11.3 Å². The van der Waals surface area contributed by atoms with Crippen LogP contribution in [0.5, 0.6) is 5.75 Å². The van der Waals surface area contributed by atoms with Crippen molar-refractivity contribution in [2.75, 3.05) is 13.2 Å². The lowest BCUT2D eigenvalue weighted by molar-refractivity contribution is 0.0186. The molecular weight excluding hydrogens is 341 g/mol. The number of aromatic nitrogens is 1. The SMILES string of the molecule is CCOc1ccc(-c2ccc(C3CCC(OCC4CC4)CC3)cc2)nc1F. The van der Waals surface area contributed by atoms with Gasteiger partial charge in [-0.25, -0.2) is 4.98 Å². The minimum Gasteiger partial charge on any atom is -0.489 e. The topological polar surface area (TPSA) is 31.4 Å². The van der Waals surface area contributed by atoms with Crippen LogP contribution < -0.4 is 4.74 Å². The van der Waals surface area contributed by atoms with Crippen LogP contribution in [0.3, 0.4) is 0 Å². The molecule has 0 amide bonds. The van der Waals surface area contributed by atoms with Crippen LogP contribution in [0.15, 0.2) is 36.4 Å². The van der Waals surface area contributed by atoms with Crippen molar-refractivity contribution in [3.05, 3.63) is 47.9 Å². The molecule has 2 fully saturated rings. The number of halogens is 1. The normalized spacial score (nSPS) is 22.6. The molecule has 27 heavy (non-hydrogen) atoms. The first-order valence-corrected chi connectivity index (χ1v) is 10.2. The molecule has 0 aliphatic heterocycles. The third-order valence-corrected chi connectivity index (χ3v) is 5.73. The van der Waals surface area contributed by atoms with Crippen molar-refractivity contribution in [1.29, 1.82) is 0 Å². The highest BCUT2D eigenvalue weighted by molar-refractivity contribution is 5.60. The summed E-state index contributed by atoms with van der Waals surface area (Å²) in [4.78, 5) is 4.05. The van der Waals surface area contributed by atoms with Crippen molar-refractivity contribution in [3.8, 4) is 17.0 Å². The number of benzene rings is 1. The molecule has 1 aromatic heterocycles. The van der Waals surface area contributed by atoms with Crippen molar-refractivity contribution in [2.24, 2.45) is 5.92 Å². The standard InChI is InChI=1S/C23H28FNO2/c1-2-26-22-14-13-21(25-23(22)24)19-7-5-17(6-8-19)18-9-11-20(12-10-18)27-15-16-3-4-16/h5-8,13-14,16,18,20H,2-4,9-12,15H2,1H3. The lowest BCUT2D eigenvalue weighted by Gasteiger charge is -2.29. The first-order chi connectivity index (χ1) is 13.2. The highest BCUT2D eigenvalue weighted by Gasteiger charge is 2.26. The van der Waals surface area contributed by atoms with Gasteiger partial charge in [0.05, 0.1) is 18.4 Å². The number of ether oxygens (including phenoxy) is 2. The summed E-state index contributed by atoms with van der Waals surface area (Å²) < 4.78 is 25.3. The van der Waals surface area contributed by atoms with Gasteiger partial charge in [-0.3, -0.25) is 0 Å². The van der Waals surface area contributed by atoms with Crippen LogP contribution in [0, 0.1) is 11.9 Å². The molecule has 4 heteroatoms. The van der Waals surface area contributed by atoms with E-state index in [4.69, 9.17) is 9.47 Å². The van der Waals surface area contributed by atoms with E-state index in [-0.39, 0.29) is 5.75 Å². The Morgan fingerprint density at radius 3 is 2.33 bits per heavy atom. The molecule has 2 aromatic rings.